The highest BCUT2D eigenvalue weighted by molar-refractivity contribution is 4.74. The van der Waals surface area contributed by atoms with Gasteiger partial charge in [-0.2, -0.15) is 0 Å². The van der Waals surface area contributed by atoms with Crippen LogP contribution in [0.25, 0.3) is 0 Å². The third kappa shape index (κ3) is 4.12. The van der Waals surface area contributed by atoms with Crippen LogP contribution in [0.4, 0.5) is 0 Å². The van der Waals surface area contributed by atoms with Gasteiger partial charge in [-0.15, -0.1) is 0 Å². The van der Waals surface area contributed by atoms with Gasteiger partial charge >= 0.3 is 0 Å². The van der Waals surface area contributed by atoms with Crippen LogP contribution in [-0.4, -0.2) is 48.1 Å². The molecule has 1 unspecified atom stereocenters. The fourth-order valence-corrected chi connectivity index (χ4v) is 2.53. The molecule has 1 fully saturated rings. The first-order valence-electron chi connectivity index (χ1n) is 6.63. The maximum Gasteiger partial charge on any atom is 0.0112 e. The molecule has 2 nitrogen and oxygen atoms in total. The molecule has 0 saturated carbocycles. The minimum absolute atomic E-state index is 0.690. The highest BCUT2D eigenvalue weighted by Crippen LogP contribution is 2.15. The van der Waals surface area contributed by atoms with Crippen molar-refractivity contribution >= 4 is 0 Å². The summed E-state index contributed by atoms with van der Waals surface area (Å²) in [4.78, 5) is 5.22. The van der Waals surface area contributed by atoms with Gasteiger partial charge in [0, 0.05) is 25.2 Å². The summed E-state index contributed by atoms with van der Waals surface area (Å²) >= 11 is 0. The van der Waals surface area contributed by atoms with Crippen LogP contribution < -0.4 is 0 Å². The van der Waals surface area contributed by atoms with Crippen molar-refractivity contribution in [3.63, 3.8) is 0 Å². The number of hydrogen-bond donors (Lipinski definition) is 0. The molecule has 1 saturated heterocycles. The van der Waals surface area contributed by atoms with Crippen LogP contribution in [0.1, 0.15) is 47.0 Å². The summed E-state index contributed by atoms with van der Waals surface area (Å²) in [5.74, 6) is 0. The molecule has 1 aliphatic rings. The average molecular weight is 212 g/mol. The summed E-state index contributed by atoms with van der Waals surface area (Å²) in [5, 5.41) is 0. The molecular formula is C13H28N2. The molecule has 0 aromatic carbocycles. The Balaban J connectivity index is 2.27. The van der Waals surface area contributed by atoms with E-state index in [1.165, 1.54) is 45.4 Å². The fourth-order valence-electron chi connectivity index (χ4n) is 2.53. The number of likely N-dealkylation sites (tertiary alicyclic amines) is 1. The van der Waals surface area contributed by atoms with Gasteiger partial charge in [0.25, 0.3) is 0 Å². The Morgan fingerprint density at radius 2 is 2.07 bits per heavy atom. The van der Waals surface area contributed by atoms with Crippen molar-refractivity contribution in [3.8, 4) is 0 Å². The lowest BCUT2D eigenvalue weighted by Crippen LogP contribution is -2.44. The number of likely N-dealkylation sites (N-methyl/N-ethyl adjacent to an activating group) is 1. The summed E-state index contributed by atoms with van der Waals surface area (Å²) in [6.07, 6.45) is 4.23. The largest absolute Gasteiger partial charge is 0.300 e. The molecule has 1 aliphatic heterocycles. The SMILES string of the molecule is CCN(CCN1CCCCC1C)C(C)C. The zero-order valence-corrected chi connectivity index (χ0v) is 11.0. The molecule has 0 radical (unpaired) electrons. The zero-order chi connectivity index (χ0) is 11.3. The Morgan fingerprint density at radius 3 is 2.60 bits per heavy atom. The predicted molar refractivity (Wildman–Crippen MR) is 67.3 cm³/mol. The molecule has 0 N–H and O–H groups in total. The lowest BCUT2D eigenvalue weighted by Gasteiger charge is -2.35. The Labute approximate surface area is 95.6 Å². The van der Waals surface area contributed by atoms with Crippen molar-refractivity contribution in [2.75, 3.05) is 26.2 Å². The van der Waals surface area contributed by atoms with E-state index in [9.17, 15) is 0 Å². The molecule has 15 heavy (non-hydrogen) atoms. The van der Waals surface area contributed by atoms with Crippen LogP contribution in [0.2, 0.25) is 0 Å². The van der Waals surface area contributed by atoms with Crippen LogP contribution >= 0.6 is 0 Å². The molecule has 2 heteroatoms. The van der Waals surface area contributed by atoms with E-state index in [1.807, 2.05) is 0 Å². The molecule has 0 aromatic heterocycles. The first-order valence-corrected chi connectivity index (χ1v) is 6.63. The van der Waals surface area contributed by atoms with Gasteiger partial charge in [0.15, 0.2) is 0 Å². The molecule has 0 aromatic rings. The van der Waals surface area contributed by atoms with E-state index in [0.29, 0.717) is 6.04 Å². The second-order valence-corrected chi connectivity index (χ2v) is 5.10. The van der Waals surface area contributed by atoms with Gasteiger partial charge in [0.1, 0.15) is 0 Å². The van der Waals surface area contributed by atoms with Gasteiger partial charge in [-0.05, 0) is 46.7 Å². The summed E-state index contributed by atoms with van der Waals surface area (Å²) in [7, 11) is 0. The standard InChI is InChI=1S/C13H28N2/c1-5-14(12(2)3)10-11-15-9-7-6-8-13(15)4/h12-13H,5-11H2,1-4H3. The quantitative estimate of drug-likeness (QED) is 0.691. The molecular weight excluding hydrogens is 184 g/mol. The third-order valence-electron chi connectivity index (χ3n) is 3.75. The molecule has 0 bridgehead atoms. The van der Waals surface area contributed by atoms with E-state index in [1.54, 1.807) is 0 Å². The van der Waals surface area contributed by atoms with Gasteiger partial charge in [-0.3, -0.25) is 9.80 Å². The van der Waals surface area contributed by atoms with Crippen LogP contribution in [0.3, 0.4) is 0 Å². The first kappa shape index (κ1) is 13.0. The van der Waals surface area contributed by atoms with Crippen molar-refractivity contribution in [2.45, 2.75) is 59.0 Å². The highest BCUT2D eigenvalue weighted by atomic mass is 15.2. The van der Waals surface area contributed by atoms with Crippen molar-refractivity contribution in [2.24, 2.45) is 0 Å². The number of hydrogen-bond acceptors (Lipinski definition) is 2. The Kier molecular flexibility index (Phi) is 5.62. The van der Waals surface area contributed by atoms with E-state index >= 15 is 0 Å². The van der Waals surface area contributed by atoms with E-state index < -0.39 is 0 Å². The Bertz CT molecular complexity index is 168. The number of nitrogens with zero attached hydrogens (tertiary/aromatic N) is 2. The summed E-state index contributed by atoms with van der Waals surface area (Å²) < 4.78 is 0. The van der Waals surface area contributed by atoms with E-state index in [2.05, 4.69) is 37.5 Å². The topological polar surface area (TPSA) is 6.48 Å². The molecule has 0 spiro atoms. The summed E-state index contributed by atoms with van der Waals surface area (Å²) in [6, 6.07) is 1.50. The number of piperidine rings is 1. The third-order valence-corrected chi connectivity index (χ3v) is 3.75. The second-order valence-electron chi connectivity index (χ2n) is 5.10. The molecule has 1 rings (SSSR count). The minimum Gasteiger partial charge on any atom is -0.300 e. The van der Waals surface area contributed by atoms with E-state index in [0.717, 1.165) is 6.04 Å². The monoisotopic (exact) mass is 212 g/mol. The first-order chi connectivity index (χ1) is 7.15. The second kappa shape index (κ2) is 6.49. The highest BCUT2D eigenvalue weighted by Gasteiger charge is 2.18. The van der Waals surface area contributed by atoms with Gasteiger partial charge in [0.05, 0.1) is 0 Å². The Hall–Kier alpha value is -0.0800. The molecule has 0 amide bonds. The molecule has 1 heterocycles. The predicted octanol–water partition coefficient (Wildman–Crippen LogP) is 2.59. The maximum atomic E-state index is 2.66. The van der Waals surface area contributed by atoms with Gasteiger partial charge in [-0.1, -0.05) is 13.3 Å². The van der Waals surface area contributed by atoms with E-state index in [4.69, 9.17) is 0 Å². The van der Waals surface area contributed by atoms with Crippen LogP contribution in [0.5, 0.6) is 0 Å². The van der Waals surface area contributed by atoms with Crippen molar-refractivity contribution in [1.82, 2.24) is 9.80 Å². The Morgan fingerprint density at radius 1 is 1.33 bits per heavy atom. The van der Waals surface area contributed by atoms with Crippen LogP contribution in [0, 0.1) is 0 Å². The number of rotatable bonds is 5. The lowest BCUT2D eigenvalue weighted by atomic mass is 10.0. The van der Waals surface area contributed by atoms with Crippen LogP contribution in [0.15, 0.2) is 0 Å². The average Bonchev–Trinajstić information content (AvgIpc) is 2.21. The molecule has 90 valence electrons. The van der Waals surface area contributed by atoms with Crippen LogP contribution in [-0.2, 0) is 0 Å². The van der Waals surface area contributed by atoms with Gasteiger partial charge in [-0.25, -0.2) is 0 Å². The van der Waals surface area contributed by atoms with Gasteiger partial charge < -0.3 is 0 Å². The van der Waals surface area contributed by atoms with Crippen molar-refractivity contribution in [1.29, 1.82) is 0 Å². The molecule has 1 atom stereocenters. The zero-order valence-electron chi connectivity index (χ0n) is 11.0. The maximum absolute atomic E-state index is 2.66. The smallest absolute Gasteiger partial charge is 0.0112 e. The van der Waals surface area contributed by atoms with Crippen molar-refractivity contribution < 1.29 is 0 Å². The minimum atomic E-state index is 0.690. The lowest BCUT2D eigenvalue weighted by molar-refractivity contribution is 0.126. The summed E-state index contributed by atoms with van der Waals surface area (Å²) in [5.41, 5.74) is 0. The fraction of sp³-hybridized carbons (Fsp3) is 1.00. The van der Waals surface area contributed by atoms with Crippen molar-refractivity contribution in [3.05, 3.63) is 0 Å². The summed E-state index contributed by atoms with van der Waals surface area (Å²) in [6.45, 7) is 14.2. The molecule has 0 aliphatic carbocycles. The van der Waals surface area contributed by atoms with E-state index in [-0.39, 0.29) is 0 Å². The normalized spacial score (nSPS) is 24.0. The van der Waals surface area contributed by atoms with Gasteiger partial charge in [0.2, 0.25) is 0 Å².